The molecule has 5 aromatic rings. The SMILES string of the molecule is CCOC(=O)C1=C(C)N=c2s/c(=C/c3cccc(OCc4ccccc4)c3)c(=O)n2[C@@H]1c1c(OC)ccc2ccccc12. The Labute approximate surface area is 252 Å². The molecule has 43 heavy (non-hydrogen) atoms. The lowest BCUT2D eigenvalue weighted by molar-refractivity contribution is -0.139. The summed E-state index contributed by atoms with van der Waals surface area (Å²) in [5.41, 5.74) is 3.15. The van der Waals surface area contributed by atoms with Crippen molar-refractivity contribution in [2.45, 2.75) is 26.5 Å². The van der Waals surface area contributed by atoms with Crippen LogP contribution in [0.15, 0.2) is 112 Å². The molecule has 1 aliphatic rings. The van der Waals surface area contributed by atoms with Gasteiger partial charge in [0.05, 0.1) is 29.5 Å². The third kappa shape index (κ3) is 5.49. The Morgan fingerprint density at radius 1 is 1.00 bits per heavy atom. The van der Waals surface area contributed by atoms with Crippen molar-refractivity contribution in [3.05, 3.63) is 139 Å². The topological polar surface area (TPSA) is 79.1 Å². The number of hydrogen-bond donors (Lipinski definition) is 0. The van der Waals surface area contributed by atoms with Gasteiger partial charge in [-0.05, 0) is 60.0 Å². The number of rotatable bonds is 8. The molecule has 1 aromatic heterocycles. The van der Waals surface area contributed by atoms with E-state index in [1.807, 2.05) is 97.1 Å². The number of fused-ring (bicyclic) bond motifs is 2. The highest BCUT2D eigenvalue weighted by Gasteiger charge is 2.36. The van der Waals surface area contributed by atoms with E-state index in [-0.39, 0.29) is 12.2 Å². The van der Waals surface area contributed by atoms with Gasteiger partial charge in [0.2, 0.25) is 0 Å². The summed E-state index contributed by atoms with van der Waals surface area (Å²) in [5.74, 6) is 0.753. The highest BCUT2D eigenvalue weighted by Crippen LogP contribution is 2.40. The van der Waals surface area contributed by atoms with Crippen molar-refractivity contribution in [3.63, 3.8) is 0 Å². The Balaban J connectivity index is 1.50. The lowest BCUT2D eigenvalue weighted by Gasteiger charge is -2.27. The van der Waals surface area contributed by atoms with Gasteiger partial charge in [-0.1, -0.05) is 84.1 Å². The van der Waals surface area contributed by atoms with Crippen LogP contribution in [0.1, 0.15) is 36.6 Å². The standard InChI is InChI=1S/C35H30N2O5S/c1-4-41-34(39)30-22(2)36-35-37(32(30)31-27-16-9-8-14-25(27)17-18-28(31)40-3)33(38)29(43-35)20-24-13-10-15-26(19-24)42-21-23-11-6-5-7-12-23/h5-20,32H,4,21H2,1-3H3/b29-20+/t32-/m0/s1. The van der Waals surface area contributed by atoms with Gasteiger partial charge in [-0.15, -0.1) is 0 Å². The van der Waals surface area contributed by atoms with E-state index in [0.717, 1.165) is 21.9 Å². The van der Waals surface area contributed by atoms with E-state index in [4.69, 9.17) is 19.2 Å². The highest BCUT2D eigenvalue weighted by molar-refractivity contribution is 7.07. The monoisotopic (exact) mass is 590 g/mol. The average Bonchev–Trinajstić information content (AvgIpc) is 3.33. The van der Waals surface area contributed by atoms with Crippen molar-refractivity contribution in [2.75, 3.05) is 13.7 Å². The van der Waals surface area contributed by atoms with E-state index in [9.17, 15) is 9.59 Å². The lowest BCUT2D eigenvalue weighted by Crippen LogP contribution is -2.40. The number of allylic oxidation sites excluding steroid dienone is 1. The molecule has 4 aromatic carbocycles. The Bertz CT molecular complexity index is 2040. The second kappa shape index (κ2) is 12.1. The zero-order valence-electron chi connectivity index (χ0n) is 24.1. The number of benzene rings is 4. The van der Waals surface area contributed by atoms with Crippen LogP contribution in [-0.2, 0) is 16.1 Å². The number of thiazole rings is 1. The lowest BCUT2D eigenvalue weighted by atomic mass is 9.90. The molecule has 0 saturated heterocycles. The maximum Gasteiger partial charge on any atom is 0.338 e. The first-order chi connectivity index (χ1) is 21.0. The number of carbonyl (C=O) groups excluding carboxylic acids is 1. The van der Waals surface area contributed by atoms with Crippen molar-refractivity contribution >= 4 is 34.2 Å². The number of hydrogen-bond acceptors (Lipinski definition) is 7. The van der Waals surface area contributed by atoms with Crippen molar-refractivity contribution < 1.29 is 19.0 Å². The number of nitrogens with zero attached hydrogens (tertiary/aromatic N) is 2. The summed E-state index contributed by atoms with van der Waals surface area (Å²) in [7, 11) is 1.59. The van der Waals surface area contributed by atoms with Gasteiger partial charge in [0.1, 0.15) is 24.1 Å². The van der Waals surface area contributed by atoms with E-state index < -0.39 is 12.0 Å². The van der Waals surface area contributed by atoms with Gasteiger partial charge >= 0.3 is 5.97 Å². The molecule has 2 heterocycles. The molecule has 0 aliphatic carbocycles. The van der Waals surface area contributed by atoms with Gasteiger partial charge < -0.3 is 14.2 Å². The summed E-state index contributed by atoms with van der Waals surface area (Å²) in [6.45, 7) is 4.17. The fourth-order valence-corrected chi connectivity index (χ4v) is 6.43. The fraction of sp³-hybridized carbons (Fsp3) is 0.171. The average molecular weight is 591 g/mol. The molecule has 0 saturated carbocycles. The molecule has 7 nitrogen and oxygen atoms in total. The van der Waals surface area contributed by atoms with Crippen LogP contribution in [0.5, 0.6) is 11.5 Å². The minimum atomic E-state index is -0.793. The molecule has 0 N–H and O–H groups in total. The molecule has 0 bridgehead atoms. The Morgan fingerprint density at radius 2 is 1.79 bits per heavy atom. The highest BCUT2D eigenvalue weighted by atomic mass is 32.1. The van der Waals surface area contributed by atoms with E-state index >= 15 is 0 Å². The van der Waals surface area contributed by atoms with Gasteiger partial charge in [0, 0.05) is 5.56 Å². The number of methoxy groups -OCH3 is 1. The second-order valence-corrected chi connectivity index (χ2v) is 11.1. The van der Waals surface area contributed by atoms with Crippen molar-refractivity contribution in [2.24, 2.45) is 4.99 Å². The van der Waals surface area contributed by atoms with E-state index in [1.165, 1.54) is 11.3 Å². The zero-order valence-corrected chi connectivity index (χ0v) is 24.9. The molecule has 216 valence electrons. The first kappa shape index (κ1) is 28.2. The van der Waals surface area contributed by atoms with Gasteiger partial charge in [0.25, 0.3) is 5.56 Å². The molecule has 1 atom stereocenters. The summed E-state index contributed by atoms with van der Waals surface area (Å²) in [6, 6.07) is 28.5. The normalized spacial score (nSPS) is 14.8. The quantitative estimate of drug-likeness (QED) is 0.222. The van der Waals surface area contributed by atoms with E-state index in [0.29, 0.717) is 44.3 Å². The molecule has 8 heteroatoms. The molecule has 1 aliphatic heterocycles. The molecular formula is C35H30N2O5S. The zero-order chi connectivity index (χ0) is 29.9. The smallest absolute Gasteiger partial charge is 0.338 e. The predicted molar refractivity (Wildman–Crippen MR) is 168 cm³/mol. The molecule has 0 amide bonds. The summed E-state index contributed by atoms with van der Waals surface area (Å²) in [6.07, 6.45) is 1.83. The summed E-state index contributed by atoms with van der Waals surface area (Å²) in [5, 5.41) is 1.84. The van der Waals surface area contributed by atoms with Crippen LogP contribution in [-0.4, -0.2) is 24.3 Å². The maximum atomic E-state index is 14.2. The molecular weight excluding hydrogens is 560 g/mol. The van der Waals surface area contributed by atoms with Gasteiger partial charge in [-0.2, -0.15) is 0 Å². The second-order valence-electron chi connectivity index (χ2n) is 10.1. The third-order valence-electron chi connectivity index (χ3n) is 7.35. The predicted octanol–water partition coefficient (Wildman–Crippen LogP) is 5.54. The van der Waals surface area contributed by atoms with Crippen molar-refractivity contribution in [3.8, 4) is 11.5 Å². The Hall–Kier alpha value is -4.95. The largest absolute Gasteiger partial charge is 0.496 e. The summed E-state index contributed by atoms with van der Waals surface area (Å²) < 4.78 is 19.4. The fourth-order valence-electron chi connectivity index (χ4n) is 5.39. The van der Waals surface area contributed by atoms with Gasteiger partial charge in [-0.3, -0.25) is 9.36 Å². The van der Waals surface area contributed by atoms with Crippen LogP contribution >= 0.6 is 11.3 Å². The molecule has 6 rings (SSSR count). The molecule has 0 fully saturated rings. The van der Waals surface area contributed by atoms with Crippen LogP contribution in [0, 0.1) is 0 Å². The summed E-state index contributed by atoms with van der Waals surface area (Å²) in [4.78, 5) is 32.9. The molecule has 0 unspecified atom stereocenters. The molecule has 0 radical (unpaired) electrons. The number of esters is 1. The first-order valence-corrected chi connectivity index (χ1v) is 14.8. The van der Waals surface area contributed by atoms with E-state index in [1.54, 1.807) is 25.5 Å². The number of ether oxygens (including phenoxy) is 3. The number of aromatic nitrogens is 1. The van der Waals surface area contributed by atoms with Crippen molar-refractivity contribution in [1.82, 2.24) is 4.57 Å². The minimum absolute atomic E-state index is 0.197. The van der Waals surface area contributed by atoms with Crippen LogP contribution < -0.4 is 24.4 Å². The van der Waals surface area contributed by atoms with Gasteiger partial charge in [0.15, 0.2) is 4.80 Å². The van der Waals surface area contributed by atoms with Crippen LogP contribution in [0.4, 0.5) is 0 Å². The van der Waals surface area contributed by atoms with Crippen LogP contribution in [0.25, 0.3) is 16.8 Å². The van der Waals surface area contributed by atoms with Gasteiger partial charge in [-0.25, -0.2) is 9.79 Å². The third-order valence-corrected chi connectivity index (χ3v) is 8.33. The van der Waals surface area contributed by atoms with Crippen LogP contribution in [0.2, 0.25) is 0 Å². The van der Waals surface area contributed by atoms with Crippen LogP contribution in [0.3, 0.4) is 0 Å². The van der Waals surface area contributed by atoms with Crippen molar-refractivity contribution in [1.29, 1.82) is 0 Å². The molecule has 0 spiro atoms. The summed E-state index contributed by atoms with van der Waals surface area (Å²) >= 11 is 1.28. The van der Waals surface area contributed by atoms with E-state index in [2.05, 4.69) is 0 Å². The minimum Gasteiger partial charge on any atom is -0.496 e. The number of carbonyl (C=O) groups is 1. The maximum absolute atomic E-state index is 14.2. The Kier molecular flexibility index (Phi) is 7.94. The Morgan fingerprint density at radius 3 is 2.58 bits per heavy atom. The first-order valence-electron chi connectivity index (χ1n) is 14.0.